The molecule has 4 N–H and O–H groups in total. The number of nitrogens with zero attached hydrogens (tertiary/aromatic N) is 2. The highest BCUT2D eigenvalue weighted by atomic mass is 32.2. The molecule has 3 rings (SSSR count). The summed E-state index contributed by atoms with van der Waals surface area (Å²) in [5.41, 5.74) is 0.357. The van der Waals surface area contributed by atoms with Gasteiger partial charge in [-0.15, -0.1) is 16.4 Å². The minimum absolute atomic E-state index is 0.0601. The van der Waals surface area contributed by atoms with Crippen LogP contribution in [-0.2, 0) is 21.2 Å². The summed E-state index contributed by atoms with van der Waals surface area (Å²) in [6.07, 6.45) is 0.664. The third kappa shape index (κ3) is 5.14. The molecule has 1 aromatic carbocycles. The lowest BCUT2D eigenvalue weighted by Gasteiger charge is -2.05. The number of aromatic amines is 1. The number of thioether (sulfide) groups is 1. The summed E-state index contributed by atoms with van der Waals surface area (Å²) in [6, 6.07) is 9.76. The summed E-state index contributed by atoms with van der Waals surface area (Å²) in [5.74, 6) is 0.526. The molecule has 0 aliphatic rings. The molecule has 0 saturated heterocycles. The Bertz CT molecular complexity index is 999. The number of nitrogens with one attached hydrogen (secondary N) is 2. The van der Waals surface area contributed by atoms with E-state index >= 15 is 0 Å². The van der Waals surface area contributed by atoms with Gasteiger partial charge in [-0.05, 0) is 29.6 Å². The van der Waals surface area contributed by atoms with Gasteiger partial charge in [0, 0.05) is 17.0 Å². The first kappa shape index (κ1) is 18.6. The standard InChI is InChI=1S/C15H15N5O3S3/c16-26(22,23)12-5-1-3-10(7-12)17-14(21)9-25-15-18-13(19-20-15)8-11-4-2-6-24-11/h1-7H,8-9H2,(H,17,21)(H2,16,22,23)(H,18,19,20). The summed E-state index contributed by atoms with van der Waals surface area (Å²) in [7, 11) is -3.82. The number of hydrogen-bond acceptors (Lipinski definition) is 7. The first-order valence-corrected chi connectivity index (χ1v) is 10.8. The van der Waals surface area contributed by atoms with Gasteiger partial charge in [0.15, 0.2) is 0 Å². The maximum absolute atomic E-state index is 12.0. The molecule has 0 spiro atoms. The molecule has 0 bridgehead atoms. The van der Waals surface area contributed by atoms with Crippen LogP contribution < -0.4 is 10.5 Å². The van der Waals surface area contributed by atoms with E-state index in [-0.39, 0.29) is 16.6 Å². The van der Waals surface area contributed by atoms with Gasteiger partial charge in [0.2, 0.25) is 21.1 Å². The first-order chi connectivity index (χ1) is 12.4. The molecule has 11 heteroatoms. The Morgan fingerprint density at radius 3 is 2.88 bits per heavy atom. The Hall–Kier alpha value is -2.21. The Morgan fingerprint density at radius 2 is 2.15 bits per heavy atom. The Kier molecular flexibility index (Phi) is 5.71. The average Bonchev–Trinajstić information content (AvgIpc) is 3.25. The number of carbonyl (C=O) groups is 1. The van der Waals surface area contributed by atoms with Crippen molar-refractivity contribution in [1.82, 2.24) is 15.2 Å². The molecule has 1 amide bonds. The fourth-order valence-electron chi connectivity index (χ4n) is 2.08. The van der Waals surface area contributed by atoms with E-state index in [9.17, 15) is 13.2 Å². The highest BCUT2D eigenvalue weighted by Crippen LogP contribution is 2.18. The van der Waals surface area contributed by atoms with Crippen molar-refractivity contribution in [2.75, 3.05) is 11.1 Å². The average molecular weight is 410 g/mol. The van der Waals surface area contributed by atoms with Gasteiger partial charge in [-0.2, -0.15) is 0 Å². The van der Waals surface area contributed by atoms with E-state index in [1.165, 1.54) is 34.8 Å². The first-order valence-electron chi connectivity index (χ1n) is 7.39. The summed E-state index contributed by atoms with van der Waals surface area (Å²) in [4.78, 5) is 17.5. The second-order valence-corrected chi connectivity index (χ2v) is 8.77. The van der Waals surface area contributed by atoms with E-state index in [1.54, 1.807) is 17.4 Å². The number of benzene rings is 1. The third-order valence-corrected chi connectivity index (χ3v) is 5.85. The van der Waals surface area contributed by atoms with Gasteiger partial charge < -0.3 is 5.32 Å². The van der Waals surface area contributed by atoms with E-state index < -0.39 is 10.0 Å². The van der Waals surface area contributed by atoms with E-state index in [4.69, 9.17) is 5.14 Å². The van der Waals surface area contributed by atoms with Gasteiger partial charge in [-0.3, -0.25) is 9.89 Å². The number of rotatable bonds is 7. The molecule has 136 valence electrons. The van der Waals surface area contributed by atoms with Gasteiger partial charge in [0.05, 0.1) is 10.6 Å². The molecule has 0 aliphatic heterocycles. The number of sulfonamides is 1. The zero-order valence-corrected chi connectivity index (χ0v) is 15.8. The van der Waals surface area contributed by atoms with Crippen LogP contribution in [0.2, 0.25) is 0 Å². The van der Waals surface area contributed by atoms with Crippen LogP contribution in [0.1, 0.15) is 10.7 Å². The Morgan fingerprint density at radius 1 is 1.31 bits per heavy atom. The van der Waals surface area contributed by atoms with Crippen LogP contribution in [-0.4, -0.2) is 35.3 Å². The van der Waals surface area contributed by atoms with Crippen molar-refractivity contribution in [2.24, 2.45) is 5.14 Å². The molecule has 0 unspecified atom stereocenters. The van der Waals surface area contributed by atoms with Gasteiger partial charge in [0.1, 0.15) is 5.82 Å². The molecule has 0 atom stereocenters. The highest BCUT2D eigenvalue weighted by Gasteiger charge is 2.11. The molecule has 0 aliphatic carbocycles. The van der Waals surface area contributed by atoms with Crippen LogP contribution in [0.25, 0.3) is 0 Å². The lowest BCUT2D eigenvalue weighted by molar-refractivity contribution is -0.113. The van der Waals surface area contributed by atoms with Gasteiger partial charge in [-0.25, -0.2) is 18.5 Å². The number of thiophene rings is 1. The van der Waals surface area contributed by atoms with Gasteiger partial charge in [0.25, 0.3) is 0 Å². The molecule has 2 heterocycles. The monoisotopic (exact) mass is 409 g/mol. The number of H-pyrrole nitrogens is 1. The molecular formula is C15H15N5O3S3. The zero-order valence-electron chi connectivity index (χ0n) is 13.4. The minimum Gasteiger partial charge on any atom is -0.325 e. The summed E-state index contributed by atoms with van der Waals surface area (Å²) < 4.78 is 22.7. The minimum atomic E-state index is -3.82. The third-order valence-electron chi connectivity index (χ3n) is 3.21. The number of carbonyl (C=O) groups excluding carboxylic acids is 1. The Labute approximate surface area is 158 Å². The maximum Gasteiger partial charge on any atom is 0.238 e. The van der Waals surface area contributed by atoms with E-state index in [1.807, 2.05) is 17.5 Å². The molecular weight excluding hydrogens is 394 g/mol. The normalized spacial score (nSPS) is 11.4. The van der Waals surface area contributed by atoms with Crippen molar-refractivity contribution in [3.63, 3.8) is 0 Å². The van der Waals surface area contributed by atoms with Gasteiger partial charge >= 0.3 is 0 Å². The van der Waals surface area contributed by atoms with Crippen LogP contribution in [0, 0.1) is 0 Å². The number of primary sulfonamides is 1. The summed E-state index contributed by atoms with van der Waals surface area (Å²) in [5, 5.41) is 17.1. The molecule has 26 heavy (non-hydrogen) atoms. The number of anilines is 1. The number of nitrogens with two attached hydrogens (primary N) is 1. The van der Waals surface area contributed by atoms with Crippen molar-refractivity contribution < 1.29 is 13.2 Å². The highest BCUT2D eigenvalue weighted by molar-refractivity contribution is 7.99. The van der Waals surface area contributed by atoms with Crippen molar-refractivity contribution >= 4 is 44.7 Å². The largest absolute Gasteiger partial charge is 0.325 e. The smallest absolute Gasteiger partial charge is 0.238 e. The molecule has 0 saturated carbocycles. The lowest BCUT2D eigenvalue weighted by Crippen LogP contribution is -2.16. The van der Waals surface area contributed by atoms with E-state index in [2.05, 4.69) is 20.5 Å². The second kappa shape index (κ2) is 7.99. The molecule has 0 fully saturated rings. The fourth-order valence-corrected chi connectivity index (χ4v) is 3.96. The molecule has 0 radical (unpaired) electrons. The predicted molar refractivity (Wildman–Crippen MR) is 101 cm³/mol. The van der Waals surface area contributed by atoms with Crippen molar-refractivity contribution in [2.45, 2.75) is 16.5 Å². The number of hydrogen-bond donors (Lipinski definition) is 3. The second-order valence-electron chi connectivity index (χ2n) is 5.23. The fraction of sp³-hybridized carbons (Fsp3) is 0.133. The van der Waals surface area contributed by atoms with E-state index in [0.29, 0.717) is 17.3 Å². The molecule has 3 aromatic rings. The molecule has 2 aromatic heterocycles. The summed E-state index contributed by atoms with van der Waals surface area (Å²) >= 11 is 2.82. The summed E-state index contributed by atoms with van der Waals surface area (Å²) in [6.45, 7) is 0. The van der Waals surface area contributed by atoms with Crippen LogP contribution >= 0.6 is 23.1 Å². The van der Waals surface area contributed by atoms with Crippen molar-refractivity contribution in [3.8, 4) is 0 Å². The van der Waals surface area contributed by atoms with Crippen LogP contribution in [0.5, 0.6) is 0 Å². The van der Waals surface area contributed by atoms with E-state index in [0.717, 1.165) is 5.82 Å². The van der Waals surface area contributed by atoms with Crippen LogP contribution in [0.4, 0.5) is 5.69 Å². The van der Waals surface area contributed by atoms with Crippen LogP contribution in [0.3, 0.4) is 0 Å². The van der Waals surface area contributed by atoms with Crippen molar-refractivity contribution in [1.29, 1.82) is 0 Å². The predicted octanol–water partition coefficient (Wildman–Crippen LogP) is 1.84. The van der Waals surface area contributed by atoms with Crippen LogP contribution in [0.15, 0.2) is 51.8 Å². The topological polar surface area (TPSA) is 131 Å². The molecule has 8 nitrogen and oxygen atoms in total. The number of aromatic nitrogens is 3. The maximum atomic E-state index is 12.0. The van der Waals surface area contributed by atoms with Crippen molar-refractivity contribution in [3.05, 3.63) is 52.5 Å². The lowest BCUT2D eigenvalue weighted by atomic mass is 10.3. The SMILES string of the molecule is NS(=O)(=O)c1cccc(NC(=O)CSc2n[nH]c(Cc3cccs3)n2)c1. The zero-order chi connectivity index (χ0) is 18.6. The number of amides is 1. The quantitative estimate of drug-likeness (QED) is 0.510. The van der Waals surface area contributed by atoms with Gasteiger partial charge in [-0.1, -0.05) is 23.9 Å². The Balaban J connectivity index is 1.54.